The molecular weight excluding hydrogens is 168 g/mol. The molecule has 74 valence electrons. The van der Waals surface area contributed by atoms with E-state index < -0.39 is 0 Å². The number of aryl methyl sites for hydroxylation is 2. The molecule has 0 unspecified atom stereocenters. The van der Waals surface area contributed by atoms with E-state index in [1.54, 1.807) is 0 Å². The van der Waals surface area contributed by atoms with E-state index in [-0.39, 0.29) is 0 Å². The van der Waals surface area contributed by atoms with Gasteiger partial charge in [0.25, 0.3) is 0 Å². The van der Waals surface area contributed by atoms with Crippen LogP contribution >= 0.6 is 0 Å². The summed E-state index contributed by atoms with van der Waals surface area (Å²) in [5, 5.41) is 0. The Morgan fingerprint density at radius 3 is 2.07 bits per heavy atom. The molecular formula is C14H18. The van der Waals surface area contributed by atoms with Gasteiger partial charge in [-0.1, -0.05) is 30.9 Å². The normalized spacial score (nSPS) is 12.3. The quantitative estimate of drug-likeness (QED) is 0.605. The second kappa shape index (κ2) is 4.28. The summed E-state index contributed by atoms with van der Waals surface area (Å²) in [6, 6.07) is 6.41. The zero-order valence-corrected chi connectivity index (χ0v) is 9.52. The van der Waals surface area contributed by atoms with E-state index in [1.807, 2.05) is 6.08 Å². The van der Waals surface area contributed by atoms with Crippen molar-refractivity contribution in [2.45, 2.75) is 27.7 Å². The minimum absolute atomic E-state index is 1.25. The molecule has 1 aromatic rings. The third kappa shape index (κ3) is 1.95. The maximum atomic E-state index is 3.81. The van der Waals surface area contributed by atoms with Crippen molar-refractivity contribution in [2.75, 3.05) is 0 Å². The van der Waals surface area contributed by atoms with Crippen LogP contribution in [0.5, 0.6) is 0 Å². The van der Waals surface area contributed by atoms with Gasteiger partial charge in [0.05, 0.1) is 0 Å². The summed E-state index contributed by atoms with van der Waals surface area (Å²) < 4.78 is 0. The van der Waals surface area contributed by atoms with Crippen LogP contribution in [-0.4, -0.2) is 0 Å². The van der Waals surface area contributed by atoms with Gasteiger partial charge in [-0.15, -0.1) is 0 Å². The zero-order chi connectivity index (χ0) is 10.7. The molecule has 1 aromatic carbocycles. The summed E-state index contributed by atoms with van der Waals surface area (Å²) in [6.45, 7) is 12.4. The van der Waals surface area contributed by atoms with Crippen molar-refractivity contribution in [3.63, 3.8) is 0 Å². The lowest BCUT2D eigenvalue weighted by atomic mass is 9.94. The van der Waals surface area contributed by atoms with Gasteiger partial charge in [0.15, 0.2) is 0 Å². The van der Waals surface area contributed by atoms with E-state index in [4.69, 9.17) is 0 Å². The first-order chi connectivity index (χ1) is 6.57. The maximum Gasteiger partial charge on any atom is -0.0166 e. The molecule has 0 N–H and O–H groups in total. The Balaban J connectivity index is 3.39. The highest BCUT2D eigenvalue weighted by atomic mass is 14.1. The summed E-state index contributed by atoms with van der Waals surface area (Å²) in [6.07, 6.45) is 1.92. The van der Waals surface area contributed by atoms with Crippen LogP contribution in [0, 0.1) is 13.8 Å². The fourth-order valence-corrected chi connectivity index (χ4v) is 1.76. The Morgan fingerprint density at radius 2 is 1.64 bits per heavy atom. The van der Waals surface area contributed by atoms with Gasteiger partial charge >= 0.3 is 0 Å². The average Bonchev–Trinajstić information content (AvgIpc) is 2.16. The molecule has 0 nitrogen and oxygen atoms in total. The molecule has 0 atom stereocenters. The molecule has 0 aliphatic rings. The molecule has 0 aromatic heterocycles. The van der Waals surface area contributed by atoms with E-state index in [1.165, 1.54) is 27.8 Å². The Kier molecular flexibility index (Phi) is 3.29. The van der Waals surface area contributed by atoms with Crippen molar-refractivity contribution < 1.29 is 0 Å². The van der Waals surface area contributed by atoms with Gasteiger partial charge in [-0.2, -0.15) is 0 Å². The zero-order valence-electron chi connectivity index (χ0n) is 9.52. The highest BCUT2D eigenvalue weighted by molar-refractivity contribution is 5.73. The number of benzene rings is 1. The van der Waals surface area contributed by atoms with Crippen LogP contribution in [0.25, 0.3) is 5.57 Å². The highest BCUT2D eigenvalue weighted by Gasteiger charge is 2.04. The van der Waals surface area contributed by atoms with Crippen LogP contribution < -0.4 is 0 Å². The molecule has 0 spiro atoms. The standard InChI is InChI=1S/C14H18/c1-6-10(2)13(5)14-11(3)8-7-9-12(14)4/h6-9H,1H2,2-5H3/b13-10+. The van der Waals surface area contributed by atoms with Gasteiger partial charge in [0, 0.05) is 0 Å². The van der Waals surface area contributed by atoms with E-state index in [2.05, 4.69) is 52.5 Å². The lowest BCUT2D eigenvalue weighted by molar-refractivity contribution is 1.31. The molecule has 0 saturated carbocycles. The van der Waals surface area contributed by atoms with Gasteiger partial charge in [-0.25, -0.2) is 0 Å². The molecule has 0 heteroatoms. The van der Waals surface area contributed by atoms with Crippen molar-refractivity contribution in [3.8, 4) is 0 Å². The van der Waals surface area contributed by atoms with Crippen molar-refractivity contribution in [1.82, 2.24) is 0 Å². The van der Waals surface area contributed by atoms with Crippen molar-refractivity contribution in [3.05, 3.63) is 53.1 Å². The summed E-state index contributed by atoms with van der Waals surface area (Å²) in [5.41, 5.74) is 6.62. The number of hydrogen-bond acceptors (Lipinski definition) is 0. The number of rotatable bonds is 2. The smallest absolute Gasteiger partial charge is 0.0166 e. The van der Waals surface area contributed by atoms with E-state index in [0.29, 0.717) is 0 Å². The molecule has 0 radical (unpaired) electrons. The van der Waals surface area contributed by atoms with E-state index in [0.717, 1.165) is 0 Å². The second-order valence-corrected chi connectivity index (χ2v) is 3.78. The summed E-state index contributed by atoms with van der Waals surface area (Å²) in [4.78, 5) is 0. The van der Waals surface area contributed by atoms with Crippen LogP contribution in [-0.2, 0) is 0 Å². The summed E-state index contributed by atoms with van der Waals surface area (Å²) in [7, 11) is 0. The van der Waals surface area contributed by atoms with Crippen LogP contribution in [0.15, 0.2) is 36.4 Å². The molecule has 0 amide bonds. The molecule has 0 aliphatic heterocycles. The van der Waals surface area contributed by atoms with Crippen LogP contribution in [0.2, 0.25) is 0 Å². The lowest BCUT2D eigenvalue weighted by Gasteiger charge is -2.11. The fourth-order valence-electron chi connectivity index (χ4n) is 1.76. The SMILES string of the molecule is C=C/C(C)=C(\C)c1c(C)cccc1C. The van der Waals surface area contributed by atoms with Crippen molar-refractivity contribution >= 4 is 5.57 Å². The topological polar surface area (TPSA) is 0 Å². The third-order valence-corrected chi connectivity index (χ3v) is 2.75. The lowest BCUT2D eigenvalue weighted by Crippen LogP contribution is -1.91. The van der Waals surface area contributed by atoms with Crippen molar-refractivity contribution in [1.29, 1.82) is 0 Å². The minimum atomic E-state index is 1.25. The highest BCUT2D eigenvalue weighted by Crippen LogP contribution is 2.25. The Bertz CT molecular complexity index is 361. The Labute approximate surface area is 87.0 Å². The first kappa shape index (κ1) is 10.8. The predicted molar refractivity (Wildman–Crippen MR) is 64.4 cm³/mol. The summed E-state index contributed by atoms with van der Waals surface area (Å²) >= 11 is 0. The van der Waals surface area contributed by atoms with Crippen molar-refractivity contribution in [2.24, 2.45) is 0 Å². The average molecular weight is 186 g/mol. The number of hydrogen-bond donors (Lipinski definition) is 0. The van der Waals surface area contributed by atoms with E-state index >= 15 is 0 Å². The van der Waals surface area contributed by atoms with Crippen LogP contribution in [0.1, 0.15) is 30.5 Å². The van der Waals surface area contributed by atoms with Gasteiger partial charge < -0.3 is 0 Å². The van der Waals surface area contributed by atoms with Gasteiger partial charge in [-0.05, 0) is 55.5 Å². The fraction of sp³-hybridized carbons (Fsp3) is 0.286. The molecule has 0 heterocycles. The Morgan fingerprint density at radius 1 is 1.14 bits per heavy atom. The first-order valence-electron chi connectivity index (χ1n) is 4.94. The van der Waals surface area contributed by atoms with Crippen LogP contribution in [0.3, 0.4) is 0 Å². The Hall–Kier alpha value is -1.30. The van der Waals surface area contributed by atoms with Crippen LogP contribution in [0.4, 0.5) is 0 Å². The molecule has 1 rings (SSSR count). The third-order valence-electron chi connectivity index (χ3n) is 2.75. The molecule has 0 fully saturated rings. The predicted octanol–water partition coefficient (Wildman–Crippen LogP) is 4.28. The largest absolute Gasteiger partial charge is 0.0988 e. The minimum Gasteiger partial charge on any atom is -0.0988 e. The number of allylic oxidation sites excluding steroid dienone is 3. The van der Waals surface area contributed by atoms with E-state index in [9.17, 15) is 0 Å². The van der Waals surface area contributed by atoms with Gasteiger partial charge in [-0.3, -0.25) is 0 Å². The molecule has 14 heavy (non-hydrogen) atoms. The molecule has 0 bridgehead atoms. The van der Waals surface area contributed by atoms with Gasteiger partial charge in [0.2, 0.25) is 0 Å². The maximum absolute atomic E-state index is 3.81. The van der Waals surface area contributed by atoms with Gasteiger partial charge in [0.1, 0.15) is 0 Å². The molecule has 0 saturated heterocycles. The monoisotopic (exact) mass is 186 g/mol. The second-order valence-electron chi connectivity index (χ2n) is 3.78. The molecule has 0 aliphatic carbocycles. The first-order valence-corrected chi connectivity index (χ1v) is 4.94. The summed E-state index contributed by atoms with van der Waals surface area (Å²) in [5.74, 6) is 0.